The van der Waals surface area contributed by atoms with Crippen LogP contribution in [0.15, 0.2) is 12.4 Å². The van der Waals surface area contributed by atoms with Crippen molar-refractivity contribution in [2.75, 3.05) is 13.2 Å². The minimum atomic E-state index is 0.338. The predicted octanol–water partition coefficient (Wildman–Crippen LogP) is 1.52. The molecule has 1 aliphatic heterocycles. The number of fused-ring (bicyclic) bond motifs is 1. The predicted molar refractivity (Wildman–Crippen MR) is 59.3 cm³/mol. The lowest BCUT2D eigenvalue weighted by molar-refractivity contribution is -0.0269. The molecule has 3 rings (SSSR count). The maximum Gasteiger partial charge on any atom is 0.161 e. The molecule has 0 saturated carbocycles. The lowest BCUT2D eigenvalue weighted by atomic mass is 10.2. The third-order valence-electron chi connectivity index (χ3n) is 2.84. The average molecular weight is 218 g/mol. The molecule has 5 nitrogen and oxygen atoms in total. The zero-order valence-corrected chi connectivity index (χ0v) is 9.42. The normalized spacial score (nSPS) is 16.9. The van der Waals surface area contributed by atoms with E-state index in [9.17, 15) is 0 Å². The van der Waals surface area contributed by atoms with E-state index in [1.807, 2.05) is 17.1 Å². The van der Waals surface area contributed by atoms with Gasteiger partial charge in [0.05, 0.1) is 24.8 Å². The molecule has 0 bridgehead atoms. The van der Waals surface area contributed by atoms with Crippen molar-refractivity contribution >= 4 is 11.0 Å². The van der Waals surface area contributed by atoms with Crippen molar-refractivity contribution in [1.29, 1.82) is 0 Å². The van der Waals surface area contributed by atoms with Crippen LogP contribution >= 0.6 is 0 Å². The number of ether oxygens (including phenoxy) is 1. The van der Waals surface area contributed by atoms with Crippen molar-refractivity contribution in [3.63, 3.8) is 0 Å². The summed E-state index contributed by atoms with van der Waals surface area (Å²) < 4.78 is 7.13. The van der Waals surface area contributed by atoms with Gasteiger partial charge in [-0.05, 0) is 0 Å². The van der Waals surface area contributed by atoms with Crippen LogP contribution in [0.5, 0.6) is 0 Å². The topological polar surface area (TPSA) is 52.8 Å². The van der Waals surface area contributed by atoms with Crippen molar-refractivity contribution in [3.05, 3.63) is 18.2 Å². The maximum absolute atomic E-state index is 5.18. The maximum atomic E-state index is 5.18. The molecule has 84 valence electrons. The van der Waals surface area contributed by atoms with E-state index in [1.165, 1.54) is 0 Å². The SMILES string of the molecule is CC(C)c1ncc2cnn(C3COC3)c2n1. The molecule has 2 aromatic rings. The molecule has 2 aromatic heterocycles. The highest BCUT2D eigenvalue weighted by atomic mass is 16.5. The monoisotopic (exact) mass is 218 g/mol. The van der Waals surface area contributed by atoms with Crippen molar-refractivity contribution in [3.8, 4) is 0 Å². The average Bonchev–Trinajstić information content (AvgIpc) is 2.59. The molecule has 0 amide bonds. The Bertz CT molecular complexity index is 516. The van der Waals surface area contributed by atoms with E-state index in [0.717, 1.165) is 30.1 Å². The number of hydrogen-bond acceptors (Lipinski definition) is 4. The van der Waals surface area contributed by atoms with Gasteiger partial charge in [-0.15, -0.1) is 0 Å². The van der Waals surface area contributed by atoms with Crippen molar-refractivity contribution in [1.82, 2.24) is 19.7 Å². The summed E-state index contributed by atoms with van der Waals surface area (Å²) in [5.74, 6) is 1.21. The molecule has 0 atom stereocenters. The van der Waals surface area contributed by atoms with E-state index in [4.69, 9.17) is 4.74 Å². The number of rotatable bonds is 2. The molecular weight excluding hydrogens is 204 g/mol. The van der Waals surface area contributed by atoms with Gasteiger partial charge in [0.15, 0.2) is 5.65 Å². The lowest BCUT2D eigenvalue weighted by Crippen LogP contribution is -2.31. The Balaban J connectivity index is 2.11. The van der Waals surface area contributed by atoms with Gasteiger partial charge in [0.1, 0.15) is 11.9 Å². The fourth-order valence-electron chi connectivity index (χ4n) is 1.76. The van der Waals surface area contributed by atoms with E-state index < -0.39 is 0 Å². The third kappa shape index (κ3) is 1.39. The third-order valence-corrected chi connectivity index (χ3v) is 2.84. The molecule has 0 N–H and O–H groups in total. The zero-order chi connectivity index (χ0) is 11.1. The standard InChI is InChI=1S/C11H14N4O/c1-7(2)10-12-3-8-4-13-15(11(8)14-10)9-5-16-6-9/h3-4,7,9H,5-6H2,1-2H3. The summed E-state index contributed by atoms with van der Waals surface area (Å²) in [5.41, 5.74) is 0.923. The van der Waals surface area contributed by atoms with Crippen molar-refractivity contribution in [2.24, 2.45) is 0 Å². The Morgan fingerprint density at radius 1 is 1.38 bits per heavy atom. The lowest BCUT2D eigenvalue weighted by Gasteiger charge is -2.26. The molecule has 0 aliphatic carbocycles. The molecule has 1 fully saturated rings. The molecular formula is C11H14N4O. The van der Waals surface area contributed by atoms with E-state index in [2.05, 4.69) is 28.9 Å². The zero-order valence-electron chi connectivity index (χ0n) is 9.42. The second-order valence-electron chi connectivity index (χ2n) is 4.44. The van der Waals surface area contributed by atoms with E-state index in [1.54, 1.807) is 0 Å². The van der Waals surface area contributed by atoms with Gasteiger partial charge in [-0.3, -0.25) is 0 Å². The summed E-state index contributed by atoms with van der Waals surface area (Å²) in [5, 5.41) is 5.35. The Hall–Kier alpha value is -1.49. The fraction of sp³-hybridized carbons (Fsp3) is 0.545. The van der Waals surface area contributed by atoms with Crippen LogP contribution in [0.1, 0.15) is 31.6 Å². The molecule has 1 saturated heterocycles. The van der Waals surface area contributed by atoms with Gasteiger partial charge in [0, 0.05) is 12.1 Å². The van der Waals surface area contributed by atoms with Crippen LogP contribution in [0.3, 0.4) is 0 Å². The summed E-state index contributed by atoms with van der Waals surface area (Å²) in [6.07, 6.45) is 3.67. The van der Waals surface area contributed by atoms with Gasteiger partial charge in [0.2, 0.25) is 0 Å². The van der Waals surface area contributed by atoms with Crippen LogP contribution in [0.2, 0.25) is 0 Å². The number of nitrogens with zero attached hydrogens (tertiary/aromatic N) is 4. The highest BCUT2D eigenvalue weighted by Gasteiger charge is 2.23. The Morgan fingerprint density at radius 3 is 2.81 bits per heavy atom. The first-order chi connectivity index (χ1) is 7.75. The molecule has 16 heavy (non-hydrogen) atoms. The van der Waals surface area contributed by atoms with Gasteiger partial charge in [-0.1, -0.05) is 13.8 Å². The van der Waals surface area contributed by atoms with E-state index >= 15 is 0 Å². The van der Waals surface area contributed by atoms with Gasteiger partial charge in [0.25, 0.3) is 0 Å². The molecule has 0 radical (unpaired) electrons. The molecule has 3 heterocycles. The first-order valence-electron chi connectivity index (χ1n) is 5.53. The first-order valence-corrected chi connectivity index (χ1v) is 5.53. The Morgan fingerprint density at radius 2 is 2.19 bits per heavy atom. The quantitative estimate of drug-likeness (QED) is 0.767. The molecule has 0 spiro atoms. The number of hydrogen-bond donors (Lipinski definition) is 0. The van der Waals surface area contributed by atoms with Gasteiger partial charge in [-0.2, -0.15) is 5.10 Å². The fourth-order valence-corrected chi connectivity index (χ4v) is 1.76. The number of aromatic nitrogens is 4. The smallest absolute Gasteiger partial charge is 0.161 e. The Labute approximate surface area is 93.5 Å². The summed E-state index contributed by atoms with van der Waals surface area (Å²) in [7, 11) is 0. The summed E-state index contributed by atoms with van der Waals surface area (Å²) >= 11 is 0. The summed E-state index contributed by atoms with van der Waals surface area (Å²) in [6, 6.07) is 0.340. The van der Waals surface area contributed by atoms with Crippen LogP contribution in [-0.2, 0) is 4.74 Å². The van der Waals surface area contributed by atoms with Gasteiger partial charge in [-0.25, -0.2) is 14.6 Å². The van der Waals surface area contributed by atoms with E-state index in [0.29, 0.717) is 12.0 Å². The second-order valence-corrected chi connectivity index (χ2v) is 4.44. The van der Waals surface area contributed by atoms with Crippen LogP contribution in [0.25, 0.3) is 11.0 Å². The van der Waals surface area contributed by atoms with Gasteiger partial charge < -0.3 is 4.74 Å². The first kappa shape index (κ1) is 9.72. The molecule has 0 aromatic carbocycles. The van der Waals surface area contributed by atoms with Crippen LogP contribution < -0.4 is 0 Å². The minimum Gasteiger partial charge on any atom is -0.377 e. The second kappa shape index (κ2) is 3.52. The molecule has 0 unspecified atom stereocenters. The van der Waals surface area contributed by atoms with Crippen LogP contribution in [0.4, 0.5) is 0 Å². The largest absolute Gasteiger partial charge is 0.377 e. The van der Waals surface area contributed by atoms with Crippen molar-refractivity contribution in [2.45, 2.75) is 25.8 Å². The van der Waals surface area contributed by atoms with Crippen LogP contribution in [-0.4, -0.2) is 33.0 Å². The minimum absolute atomic E-state index is 0.338. The van der Waals surface area contributed by atoms with Crippen LogP contribution in [0, 0.1) is 0 Å². The molecule has 1 aliphatic rings. The summed E-state index contributed by atoms with van der Waals surface area (Å²) in [4.78, 5) is 8.90. The molecule has 5 heteroatoms. The summed E-state index contributed by atoms with van der Waals surface area (Å²) in [6.45, 7) is 5.65. The highest BCUT2D eigenvalue weighted by molar-refractivity contribution is 5.73. The van der Waals surface area contributed by atoms with Gasteiger partial charge >= 0.3 is 0 Å². The van der Waals surface area contributed by atoms with Crippen molar-refractivity contribution < 1.29 is 4.74 Å². The Kier molecular flexibility index (Phi) is 2.14. The highest BCUT2D eigenvalue weighted by Crippen LogP contribution is 2.22. The van der Waals surface area contributed by atoms with E-state index in [-0.39, 0.29) is 0 Å².